The monoisotopic (exact) mass is 407 g/mol. The number of carbonyl (C=O) groups excluding carboxylic acids is 2. The largest absolute Gasteiger partial charge is 0.332 e. The van der Waals surface area contributed by atoms with E-state index in [1.165, 1.54) is 10.5 Å². The summed E-state index contributed by atoms with van der Waals surface area (Å²) in [6.45, 7) is 8.22. The molecule has 0 aliphatic carbocycles. The quantitative estimate of drug-likeness (QED) is 0.555. The fourth-order valence-corrected chi connectivity index (χ4v) is 3.72. The molecule has 5 nitrogen and oxygen atoms in total. The van der Waals surface area contributed by atoms with Crippen LogP contribution < -0.4 is 10.2 Å². The molecule has 0 bridgehead atoms. The zero-order valence-electron chi connectivity index (χ0n) is 16.7. The van der Waals surface area contributed by atoms with Gasteiger partial charge in [0.05, 0.1) is 12.1 Å². The van der Waals surface area contributed by atoms with E-state index in [1.54, 1.807) is 11.0 Å². The highest BCUT2D eigenvalue weighted by Crippen LogP contribution is 2.27. The van der Waals surface area contributed by atoms with Crippen molar-refractivity contribution in [1.29, 1.82) is 0 Å². The van der Waals surface area contributed by atoms with E-state index in [4.69, 9.17) is 12.2 Å². The first-order valence-electron chi connectivity index (χ1n) is 9.65. The van der Waals surface area contributed by atoms with Crippen LogP contribution in [-0.2, 0) is 16.0 Å². The van der Waals surface area contributed by atoms with Gasteiger partial charge in [0.2, 0.25) is 5.91 Å². The highest BCUT2D eigenvalue weighted by molar-refractivity contribution is 7.80. The first kappa shape index (κ1) is 20.7. The van der Waals surface area contributed by atoms with E-state index in [0.717, 1.165) is 12.0 Å². The Morgan fingerprint density at radius 3 is 2.41 bits per heavy atom. The van der Waals surface area contributed by atoms with Gasteiger partial charge >= 0.3 is 0 Å². The van der Waals surface area contributed by atoms with Crippen molar-refractivity contribution in [2.45, 2.75) is 32.7 Å². The lowest BCUT2D eigenvalue weighted by Crippen LogP contribution is -2.37. The molecule has 1 atom stereocenters. The molecule has 150 valence electrons. The van der Waals surface area contributed by atoms with Crippen LogP contribution in [0.5, 0.6) is 0 Å². The van der Waals surface area contributed by atoms with E-state index in [1.807, 2.05) is 55.5 Å². The Hall–Kier alpha value is -2.99. The lowest BCUT2D eigenvalue weighted by Gasteiger charge is -2.22. The Balaban J connectivity index is 1.77. The number of carbonyl (C=O) groups is 2. The van der Waals surface area contributed by atoms with Gasteiger partial charge in [0, 0.05) is 12.2 Å². The van der Waals surface area contributed by atoms with Gasteiger partial charge in [-0.25, -0.2) is 0 Å². The molecule has 6 heteroatoms. The van der Waals surface area contributed by atoms with Crippen molar-refractivity contribution in [2.24, 2.45) is 0 Å². The Bertz CT molecular complexity index is 922. The average Bonchev–Trinajstić information content (AvgIpc) is 2.94. The van der Waals surface area contributed by atoms with Gasteiger partial charge in [-0.15, -0.1) is 6.58 Å². The van der Waals surface area contributed by atoms with Crippen molar-refractivity contribution in [1.82, 2.24) is 4.90 Å². The Kier molecular flexibility index (Phi) is 6.44. The van der Waals surface area contributed by atoms with Crippen molar-refractivity contribution >= 4 is 40.5 Å². The Labute approximate surface area is 177 Å². The summed E-state index contributed by atoms with van der Waals surface area (Å²) in [7, 11) is 0. The Morgan fingerprint density at radius 2 is 1.83 bits per heavy atom. The number of hydrogen-bond donors (Lipinski definition) is 1. The molecule has 2 aromatic carbocycles. The first-order valence-corrected chi connectivity index (χ1v) is 10.1. The van der Waals surface area contributed by atoms with Crippen LogP contribution in [0.4, 0.5) is 11.4 Å². The summed E-state index contributed by atoms with van der Waals surface area (Å²) in [5.41, 5.74) is 3.72. The number of aryl methyl sites for hydroxylation is 2. The van der Waals surface area contributed by atoms with Crippen LogP contribution in [0.15, 0.2) is 61.2 Å². The van der Waals surface area contributed by atoms with E-state index >= 15 is 0 Å². The summed E-state index contributed by atoms with van der Waals surface area (Å²) in [5.74, 6) is -0.424. The maximum absolute atomic E-state index is 13.1. The number of nitrogens with one attached hydrogen (secondary N) is 1. The molecule has 0 spiro atoms. The molecule has 3 rings (SSSR count). The molecule has 1 aliphatic rings. The molecular formula is C23H25N3O2S. The van der Waals surface area contributed by atoms with Gasteiger partial charge in [-0.1, -0.05) is 42.8 Å². The number of rotatable bonds is 7. The molecule has 0 aromatic heterocycles. The van der Waals surface area contributed by atoms with Crippen molar-refractivity contribution in [3.63, 3.8) is 0 Å². The molecule has 29 heavy (non-hydrogen) atoms. The average molecular weight is 408 g/mol. The number of thiocarbonyl (C=S) groups is 1. The van der Waals surface area contributed by atoms with Crippen LogP contribution in [0.3, 0.4) is 0 Å². The Morgan fingerprint density at radius 1 is 1.17 bits per heavy atom. The van der Waals surface area contributed by atoms with E-state index < -0.39 is 6.04 Å². The van der Waals surface area contributed by atoms with Gasteiger partial charge in [0.1, 0.15) is 6.04 Å². The third-order valence-electron chi connectivity index (χ3n) is 4.96. The summed E-state index contributed by atoms with van der Waals surface area (Å²) in [5, 5.41) is 3.27. The van der Waals surface area contributed by atoms with Crippen LogP contribution in [0, 0.1) is 6.92 Å². The highest BCUT2D eigenvalue weighted by atomic mass is 32.1. The number of amides is 2. The molecule has 0 saturated carbocycles. The summed E-state index contributed by atoms with van der Waals surface area (Å²) < 4.78 is 0. The highest BCUT2D eigenvalue weighted by Gasteiger charge is 2.43. The number of benzene rings is 2. The molecule has 1 heterocycles. The fraction of sp³-hybridized carbons (Fsp3) is 0.261. The van der Waals surface area contributed by atoms with Gasteiger partial charge in [-0.3, -0.25) is 14.5 Å². The van der Waals surface area contributed by atoms with Crippen molar-refractivity contribution < 1.29 is 9.59 Å². The topological polar surface area (TPSA) is 52.7 Å². The molecule has 1 saturated heterocycles. The predicted octanol–water partition coefficient (Wildman–Crippen LogP) is 4.07. The van der Waals surface area contributed by atoms with Crippen molar-refractivity contribution in [2.75, 3.05) is 16.8 Å². The van der Waals surface area contributed by atoms with Crippen LogP contribution in [-0.4, -0.2) is 34.4 Å². The smallest absolute Gasteiger partial charge is 0.256 e. The van der Waals surface area contributed by atoms with Crippen LogP contribution in [0.25, 0.3) is 0 Å². The predicted molar refractivity (Wildman–Crippen MR) is 121 cm³/mol. The first-order chi connectivity index (χ1) is 13.9. The standard InChI is InChI=1S/C23H25N3O2S/c1-4-14-25-20(15-21(27)24-18-10-8-17(5-2)9-11-18)22(28)26(23(25)29)19-12-6-16(3)7-13-19/h4,6-13,20H,1,5,14-15H2,2-3H3,(H,24,27). The SMILES string of the molecule is C=CCN1C(=S)N(c2ccc(C)cc2)C(=O)C1CC(=O)Nc1ccc(CC)cc1. The summed E-state index contributed by atoms with van der Waals surface area (Å²) in [6.07, 6.45) is 2.64. The molecule has 1 fully saturated rings. The van der Waals surface area contributed by atoms with Gasteiger partial charge in [0.25, 0.3) is 5.91 Å². The second kappa shape index (κ2) is 9.01. The molecule has 1 aliphatic heterocycles. The van der Waals surface area contributed by atoms with Crippen molar-refractivity contribution in [3.8, 4) is 0 Å². The third-order valence-corrected chi connectivity index (χ3v) is 5.38. The molecular weight excluding hydrogens is 382 g/mol. The minimum atomic E-state index is -0.656. The zero-order valence-corrected chi connectivity index (χ0v) is 17.5. The second-order valence-corrected chi connectivity index (χ2v) is 7.42. The van der Waals surface area contributed by atoms with Gasteiger partial charge < -0.3 is 10.2 Å². The number of hydrogen-bond acceptors (Lipinski definition) is 3. The zero-order chi connectivity index (χ0) is 21.0. The lowest BCUT2D eigenvalue weighted by molar-refractivity contribution is -0.124. The maximum atomic E-state index is 13.1. The van der Waals surface area contributed by atoms with E-state index in [0.29, 0.717) is 23.0 Å². The normalized spacial score (nSPS) is 16.3. The van der Waals surface area contributed by atoms with Crippen LogP contribution in [0.2, 0.25) is 0 Å². The van der Waals surface area contributed by atoms with Crippen molar-refractivity contribution in [3.05, 3.63) is 72.3 Å². The fourth-order valence-electron chi connectivity index (χ4n) is 3.32. The van der Waals surface area contributed by atoms with E-state index in [2.05, 4.69) is 18.8 Å². The summed E-state index contributed by atoms with van der Waals surface area (Å²) in [6, 6.07) is 14.6. The van der Waals surface area contributed by atoms with Crippen LogP contribution in [0.1, 0.15) is 24.5 Å². The molecule has 1 N–H and O–H groups in total. The second-order valence-electron chi connectivity index (χ2n) is 7.05. The minimum Gasteiger partial charge on any atom is -0.332 e. The number of nitrogens with zero attached hydrogens (tertiary/aromatic N) is 2. The number of anilines is 2. The third kappa shape index (κ3) is 4.54. The van der Waals surface area contributed by atoms with E-state index in [9.17, 15) is 9.59 Å². The molecule has 2 amide bonds. The molecule has 2 aromatic rings. The lowest BCUT2D eigenvalue weighted by atomic mass is 10.1. The molecule has 1 unspecified atom stereocenters. The van der Waals surface area contributed by atoms with Gasteiger partial charge in [-0.2, -0.15) is 0 Å². The van der Waals surface area contributed by atoms with Crippen LogP contribution >= 0.6 is 12.2 Å². The van der Waals surface area contributed by atoms with E-state index in [-0.39, 0.29) is 18.2 Å². The molecule has 0 radical (unpaired) electrons. The van der Waals surface area contributed by atoms with Gasteiger partial charge in [-0.05, 0) is 55.4 Å². The maximum Gasteiger partial charge on any atom is 0.256 e. The van der Waals surface area contributed by atoms with Gasteiger partial charge in [0.15, 0.2) is 5.11 Å². The summed E-state index contributed by atoms with van der Waals surface area (Å²) >= 11 is 5.56. The summed E-state index contributed by atoms with van der Waals surface area (Å²) in [4.78, 5) is 29.0. The minimum absolute atomic E-state index is 0.0186.